The molecule has 2 unspecified atom stereocenters. The predicted molar refractivity (Wildman–Crippen MR) is 46.9 cm³/mol. The summed E-state index contributed by atoms with van der Waals surface area (Å²) in [5.41, 5.74) is 2.85. The summed E-state index contributed by atoms with van der Waals surface area (Å²) in [5, 5.41) is 0. The molecule has 2 atom stereocenters. The van der Waals surface area contributed by atoms with Crippen LogP contribution >= 0.6 is 0 Å². The van der Waals surface area contributed by atoms with Gasteiger partial charge in [0, 0.05) is 5.69 Å². The minimum absolute atomic E-state index is 0.849. The summed E-state index contributed by atoms with van der Waals surface area (Å²) >= 11 is 0. The Bertz CT molecular complexity index is 306. The van der Waals surface area contributed by atoms with E-state index in [0.29, 0.717) is 0 Å². The van der Waals surface area contributed by atoms with Gasteiger partial charge in [0.15, 0.2) is 0 Å². The molecule has 3 rings (SSSR count). The maximum Gasteiger partial charge on any atom is 0.0889 e. The Morgan fingerprint density at radius 1 is 1.42 bits per heavy atom. The molecule has 0 saturated heterocycles. The molecule has 0 aromatic carbocycles. The van der Waals surface area contributed by atoms with Crippen LogP contribution < -0.4 is 0 Å². The smallest absolute Gasteiger partial charge is 0.0889 e. The van der Waals surface area contributed by atoms with Crippen molar-refractivity contribution < 1.29 is 0 Å². The maximum atomic E-state index is 4.32. The van der Waals surface area contributed by atoms with Gasteiger partial charge < -0.3 is 0 Å². The number of hydrogen-bond acceptors (Lipinski definition) is 1. The third-order valence-electron chi connectivity index (χ3n) is 3.38. The second-order valence-corrected chi connectivity index (χ2v) is 3.98. The van der Waals surface area contributed by atoms with Crippen LogP contribution in [0.3, 0.4) is 0 Å². The first-order valence-corrected chi connectivity index (χ1v) is 4.81. The van der Waals surface area contributed by atoms with Gasteiger partial charge in [-0.25, -0.2) is 0 Å². The molecule has 2 aliphatic carbocycles. The SMILES string of the molecule is [c]1ccc2c(n1)CC1CCCC21. The molecular formula is C11H12N. The van der Waals surface area contributed by atoms with E-state index in [4.69, 9.17) is 0 Å². The molecule has 1 radical (unpaired) electrons. The Hall–Kier alpha value is -0.850. The molecule has 0 N–H and O–H groups in total. The molecule has 1 saturated carbocycles. The lowest BCUT2D eigenvalue weighted by Gasteiger charge is -2.07. The van der Waals surface area contributed by atoms with Crippen LogP contribution in [0, 0.1) is 12.1 Å². The summed E-state index contributed by atoms with van der Waals surface area (Å²) in [6.07, 6.45) is 8.39. The summed E-state index contributed by atoms with van der Waals surface area (Å²) < 4.78 is 0. The molecule has 0 spiro atoms. The zero-order valence-electron chi connectivity index (χ0n) is 7.09. The van der Waals surface area contributed by atoms with Gasteiger partial charge in [0.1, 0.15) is 0 Å². The first-order chi connectivity index (χ1) is 5.95. The average molecular weight is 158 g/mol. The highest BCUT2D eigenvalue weighted by Gasteiger charge is 2.36. The molecule has 0 bridgehead atoms. The number of aromatic nitrogens is 1. The third kappa shape index (κ3) is 0.767. The Morgan fingerprint density at radius 3 is 3.42 bits per heavy atom. The lowest BCUT2D eigenvalue weighted by Crippen LogP contribution is -1.97. The van der Waals surface area contributed by atoms with Crippen LogP contribution in [-0.4, -0.2) is 4.98 Å². The Labute approximate surface area is 72.8 Å². The van der Waals surface area contributed by atoms with E-state index in [0.717, 1.165) is 11.8 Å². The van der Waals surface area contributed by atoms with Crippen LogP contribution in [0.15, 0.2) is 12.1 Å². The van der Waals surface area contributed by atoms with Crippen LogP contribution in [0.4, 0.5) is 0 Å². The van der Waals surface area contributed by atoms with Gasteiger partial charge in [0.05, 0.1) is 6.20 Å². The first-order valence-electron chi connectivity index (χ1n) is 4.81. The van der Waals surface area contributed by atoms with Crippen molar-refractivity contribution in [2.75, 3.05) is 0 Å². The van der Waals surface area contributed by atoms with Gasteiger partial charge in [-0.2, -0.15) is 0 Å². The van der Waals surface area contributed by atoms with E-state index < -0.39 is 0 Å². The van der Waals surface area contributed by atoms with E-state index in [-0.39, 0.29) is 0 Å². The van der Waals surface area contributed by atoms with Crippen LogP contribution in [0.5, 0.6) is 0 Å². The third-order valence-corrected chi connectivity index (χ3v) is 3.38. The summed E-state index contributed by atoms with van der Waals surface area (Å²) in [5.74, 6) is 1.77. The fraction of sp³-hybridized carbons (Fsp3) is 0.545. The molecule has 1 heterocycles. The Balaban J connectivity index is 2.09. The van der Waals surface area contributed by atoms with E-state index in [2.05, 4.69) is 17.2 Å². The Morgan fingerprint density at radius 2 is 2.42 bits per heavy atom. The van der Waals surface area contributed by atoms with Gasteiger partial charge >= 0.3 is 0 Å². The van der Waals surface area contributed by atoms with Crippen molar-refractivity contribution in [1.82, 2.24) is 4.98 Å². The molecule has 1 fully saturated rings. The van der Waals surface area contributed by atoms with Crippen molar-refractivity contribution in [1.29, 1.82) is 0 Å². The van der Waals surface area contributed by atoms with Gasteiger partial charge in [0.25, 0.3) is 0 Å². The average Bonchev–Trinajstić information content (AvgIpc) is 2.62. The predicted octanol–water partition coefficient (Wildman–Crippen LogP) is 2.32. The van der Waals surface area contributed by atoms with E-state index in [9.17, 15) is 0 Å². The first kappa shape index (κ1) is 6.64. The normalized spacial score (nSPS) is 31.7. The van der Waals surface area contributed by atoms with Gasteiger partial charge in [-0.05, 0) is 42.7 Å². The maximum absolute atomic E-state index is 4.32. The molecular weight excluding hydrogens is 146 g/mol. The van der Waals surface area contributed by atoms with Crippen LogP contribution in [0.25, 0.3) is 0 Å². The molecule has 1 aromatic heterocycles. The van der Waals surface area contributed by atoms with E-state index in [1.807, 2.05) is 6.07 Å². The highest BCUT2D eigenvalue weighted by molar-refractivity contribution is 5.31. The van der Waals surface area contributed by atoms with Crippen molar-refractivity contribution in [3.63, 3.8) is 0 Å². The molecule has 1 nitrogen and oxygen atoms in total. The molecule has 12 heavy (non-hydrogen) atoms. The molecule has 0 amide bonds. The summed E-state index contributed by atoms with van der Waals surface area (Å²) in [4.78, 5) is 4.32. The number of pyridine rings is 1. The van der Waals surface area contributed by atoms with E-state index >= 15 is 0 Å². The standard InChI is InChI=1S/C11H12N/c1-3-8-7-11-10(9(8)4-1)5-2-6-12-11/h2,5,8-9H,1,3-4,7H2. The molecule has 1 heteroatoms. The van der Waals surface area contributed by atoms with Crippen molar-refractivity contribution in [2.24, 2.45) is 5.92 Å². The van der Waals surface area contributed by atoms with Gasteiger partial charge in [-0.15, -0.1) is 0 Å². The molecule has 0 aliphatic heterocycles. The number of rotatable bonds is 0. The fourth-order valence-corrected chi connectivity index (χ4v) is 2.84. The fourth-order valence-electron chi connectivity index (χ4n) is 2.84. The topological polar surface area (TPSA) is 12.9 Å². The van der Waals surface area contributed by atoms with Crippen LogP contribution in [-0.2, 0) is 6.42 Å². The molecule has 61 valence electrons. The van der Waals surface area contributed by atoms with E-state index in [1.165, 1.54) is 36.9 Å². The van der Waals surface area contributed by atoms with Gasteiger partial charge in [-0.3, -0.25) is 4.98 Å². The van der Waals surface area contributed by atoms with Crippen molar-refractivity contribution >= 4 is 0 Å². The molecule has 2 aliphatic rings. The van der Waals surface area contributed by atoms with Gasteiger partial charge in [0.2, 0.25) is 0 Å². The highest BCUT2D eigenvalue weighted by atomic mass is 14.7. The largest absolute Gasteiger partial charge is 0.251 e. The minimum atomic E-state index is 0.849. The summed E-state index contributed by atoms with van der Waals surface area (Å²) in [6.45, 7) is 0. The second kappa shape index (κ2) is 2.32. The quantitative estimate of drug-likeness (QED) is 0.564. The lowest BCUT2D eigenvalue weighted by atomic mass is 9.97. The van der Waals surface area contributed by atoms with Crippen molar-refractivity contribution in [3.05, 3.63) is 29.6 Å². The number of nitrogens with zero attached hydrogens (tertiary/aromatic N) is 1. The number of fused-ring (bicyclic) bond motifs is 3. The minimum Gasteiger partial charge on any atom is -0.251 e. The molecule has 1 aromatic rings. The monoisotopic (exact) mass is 158 g/mol. The van der Waals surface area contributed by atoms with Crippen molar-refractivity contribution in [3.8, 4) is 0 Å². The van der Waals surface area contributed by atoms with E-state index in [1.54, 1.807) is 0 Å². The lowest BCUT2D eigenvalue weighted by molar-refractivity contribution is 0.525. The van der Waals surface area contributed by atoms with Crippen molar-refractivity contribution in [2.45, 2.75) is 31.6 Å². The second-order valence-electron chi connectivity index (χ2n) is 3.98. The van der Waals surface area contributed by atoms with Gasteiger partial charge in [-0.1, -0.05) is 12.5 Å². The summed E-state index contributed by atoms with van der Waals surface area (Å²) in [6, 6.07) is 4.18. The number of hydrogen-bond donors (Lipinski definition) is 0. The highest BCUT2D eigenvalue weighted by Crippen LogP contribution is 2.47. The zero-order valence-corrected chi connectivity index (χ0v) is 7.09. The summed E-state index contributed by atoms with van der Waals surface area (Å²) in [7, 11) is 0. The van der Waals surface area contributed by atoms with Crippen LogP contribution in [0.2, 0.25) is 0 Å². The Kier molecular flexibility index (Phi) is 1.28. The van der Waals surface area contributed by atoms with Crippen LogP contribution in [0.1, 0.15) is 36.4 Å². The zero-order chi connectivity index (χ0) is 7.97.